The van der Waals surface area contributed by atoms with E-state index in [1.807, 2.05) is 0 Å². The van der Waals surface area contributed by atoms with Crippen LogP contribution in [0, 0.1) is 0 Å². The van der Waals surface area contributed by atoms with Crippen LogP contribution in [0.2, 0.25) is 0 Å². The Morgan fingerprint density at radius 3 is 2.30 bits per heavy atom. The Morgan fingerprint density at radius 1 is 1.10 bits per heavy atom. The first-order valence-electron chi connectivity index (χ1n) is 8.07. The van der Waals surface area contributed by atoms with Crippen molar-refractivity contribution in [1.29, 1.82) is 0 Å². The fourth-order valence-electron chi connectivity index (χ4n) is 2.53. The minimum atomic E-state index is 0. The Balaban J connectivity index is 0.00000361. The van der Waals surface area contributed by atoms with Gasteiger partial charge in [-0.2, -0.15) is 0 Å². The topological polar surface area (TPSA) is 30.9 Å². The number of hydrogen-bond donors (Lipinski definition) is 1. The van der Waals surface area contributed by atoms with Crippen LogP contribution in [0.1, 0.15) is 46.5 Å². The monoisotopic (exact) mass is 396 g/mol. The molecule has 5 heteroatoms. The third-order valence-corrected chi connectivity index (χ3v) is 3.78. The predicted octanol–water partition coefficient (Wildman–Crippen LogP) is 2.79. The Hall–Kier alpha value is -0.0400. The molecule has 1 N–H and O–H groups in total. The average molecular weight is 396 g/mol. The van der Waals surface area contributed by atoms with Gasteiger partial charge in [-0.3, -0.25) is 4.99 Å². The van der Waals surface area contributed by atoms with Gasteiger partial charge in [0.15, 0.2) is 5.96 Å². The second-order valence-electron chi connectivity index (χ2n) is 5.16. The van der Waals surface area contributed by atoms with Crippen LogP contribution in [0.5, 0.6) is 0 Å². The summed E-state index contributed by atoms with van der Waals surface area (Å²) in [7, 11) is 0. The highest BCUT2D eigenvalue weighted by Crippen LogP contribution is 2.07. The standard InChI is InChI=1S/C15H32N4.HI/c1-4-16-15(19-13-9-10-14-19)17-11-7-8-12-18(5-2)6-3;/h4-14H2,1-3H3,(H,16,17);1H. The summed E-state index contributed by atoms with van der Waals surface area (Å²) < 4.78 is 0. The Morgan fingerprint density at radius 2 is 1.75 bits per heavy atom. The summed E-state index contributed by atoms with van der Waals surface area (Å²) in [6.07, 6.45) is 5.07. The van der Waals surface area contributed by atoms with Gasteiger partial charge in [0, 0.05) is 26.2 Å². The number of hydrogen-bond acceptors (Lipinski definition) is 2. The van der Waals surface area contributed by atoms with Crippen molar-refractivity contribution in [3.8, 4) is 0 Å². The minimum Gasteiger partial charge on any atom is -0.357 e. The van der Waals surface area contributed by atoms with Gasteiger partial charge in [0.2, 0.25) is 0 Å². The highest BCUT2D eigenvalue weighted by molar-refractivity contribution is 14.0. The van der Waals surface area contributed by atoms with Gasteiger partial charge >= 0.3 is 0 Å². The number of halogens is 1. The molecule has 120 valence electrons. The first kappa shape index (κ1) is 20.0. The van der Waals surface area contributed by atoms with Crippen molar-refractivity contribution >= 4 is 29.9 Å². The summed E-state index contributed by atoms with van der Waals surface area (Å²) in [6, 6.07) is 0. The highest BCUT2D eigenvalue weighted by Gasteiger charge is 2.14. The molecule has 0 aromatic heterocycles. The number of likely N-dealkylation sites (tertiary alicyclic amines) is 1. The number of unbranched alkanes of at least 4 members (excludes halogenated alkanes) is 1. The average Bonchev–Trinajstić information content (AvgIpc) is 2.95. The lowest BCUT2D eigenvalue weighted by atomic mass is 10.3. The zero-order valence-electron chi connectivity index (χ0n) is 13.5. The molecule has 1 aliphatic rings. The fraction of sp³-hybridized carbons (Fsp3) is 0.933. The molecule has 0 aliphatic carbocycles. The molecule has 0 spiro atoms. The molecular weight excluding hydrogens is 363 g/mol. The molecule has 0 aromatic carbocycles. The SMILES string of the molecule is CCNC(=NCCCCN(CC)CC)N1CCCC1.I. The summed E-state index contributed by atoms with van der Waals surface area (Å²) in [5.74, 6) is 1.13. The highest BCUT2D eigenvalue weighted by atomic mass is 127. The number of nitrogens with zero attached hydrogens (tertiary/aromatic N) is 3. The van der Waals surface area contributed by atoms with Gasteiger partial charge in [0.05, 0.1) is 0 Å². The molecule has 0 aromatic rings. The van der Waals surface area contributed by atoms with Crippen molar-refractivity contribution in [1.82, 2.24) is 15.1 Å². The summed E-state index contributed by atoms with van der Waals surface area (Å²) in [6.45, 7) is 14.4. The summed E-state index contributed by atoms with van der Waals surface area (Å²) in [5.41, 5.74) is 0. The summed E-state index contributed by atoms with van der Waals surface area (Å²) in [5, 5.41) is 3.41. The number of aliphatic imine (C=N–C) groups is 1. The van der Waals surface area contributed by atoms with Crippen molar-refractivity contribution in [2.24, 2.45) is 4.99 Å². The first-order valence-corrected chi connectivity index (χ1v) is 8.07. The van der Waals surface area contributed by atoms with E-state index in [9.17, 15) is 0 Å². The second-order valence-corrected chi connectivity index (χ2v) is 5.16. The van der Waals surface area contributed by atoms with Crippen molar-refractivity contribution in [2.75, 3.05) is 45.8 Å². The molecule has 0 radical (unpaired) electrons. The molecule has 4 nitrogen and oxygen atoms in total. The van der Waals surface area contributed by atoms with Crippen LogP contribution in [0.4, 0.5) is 0 Å². The lowest BCUT2D eigenvalue weighted by molar-refractivity contribution is 0.297. The number of nitrogens with one attached hydrogen (secondary N) is 1. The van der Waals surface area contributed by atoms with Crippen molar-refractivity contribution in [3.63, 3.8) is 0 Å². The van der Waals surface area contributed by atoms with E-state index >= 15 is 0 Å². The Bertz CT molecular complexity index is 248. The quantitative estimate of drug-likeness (QED) is 0.296. The maximum atomic E-state index is 4.76. The molecule has 0 saturated carbocycles. The van der Waals surface area contributed by atoms with E-state index in [1.54, 1.807) is 0 Å². The summed E-state index contributed by atoms with van der Waals surface area (Å²) >= 11 is 0. The van der Waals surface area contributed by atoms with E-state index < -0.39 is 0 Å². The van der Waals surface area contributed by atoms with E-state index in [0.29, 0.717) is 0 Å². The maximum absolute atomic E-state index is 4.76. The molecule has 1 heterocycles. The molecule has 0 amide bonds. The zero-order valence-corrected chi connectivity index (χ0v) is 15.9. The van der Waals surface area contributed by atoms with E-state index in [-0.39, 0.29) is 24.0 Å². The fourth-order valence-corrected chi connectivity index (χ4v) is 2.53. The van der Waals surface area contributed by atoms with Crippen LogP contribution in [0.3, 0.4) is 0 Å². The lowest BCUT2D eigenvalue weighted by Gasteiger charge is -2.21. The van der Waals surface area contributed by atoms with Crippen LogP contribution in [-0.4, -0.2) is 61.6 Å². The molecular formula is C15H33IN4. The lowest BCUT2D eigenvalue weighted by Crippen LogP contribution is -2.39. The zero-order chi connectivity index (χ0) is 13.9. The van der Waals surface area contributed by atoms with E-state index in [4.69, 9.17) is 4.99 Å². The third kappa shape index (κ3) is 7.67. The Kier molecular flexibility index (Phi) is 12.7. The van der Waals surface area contributed by atoms with Crippen molar-refractivity contribution in [2.45, 2.75) is 46.5 Å². The van der Waals surface area contributed by atoms with Crippen LogP contribution >= 0.6 is 24.0 Å². The van der Waals surface area contributed by atoms with E-state index in [1.165, 1.54) is 45.3 Å². The summed E-state index contributed by atoms with van der Waals surface area (Å²) in [4.78, 5) is 9.64. The van der Waals surface area contributed by atoms with Gasteiger partial charge in [-0.25, -0.2) is 0 Å². The van der Waals surface area contributed by atoms with Crippen LogP contribution in [-0.2, 0) is 0 Å². The maximum Gasteiger partial charge on any atom is 0.193 e. The number of rotatable bonds is 8. The molecule has 0 unspecified atom stereocenters. The first-order chi connectivity index (χ1) is 9.31. The second kappa shape index (κ2) is 12.7. The van der Waals surface area contributed by atoms with E-state index in [2.05, 4.69) is 35.9 Å². The molecule has 0 atom stereocenters. The minimum absolute atomic E-state index is 0. The molecule has 0 bridgehead atoms. The molecule has 20 heavy (non-hydrogen) atoms. The van der Waals surface area contributed by atoms with Gasteiger partial charge in [-0.05, 0) is 52.2 Å². The predicted molar refractivity (Wildman–Crippen MR) is 99.2 cm³/mol. The van der Waals surface area contributed by atoms with Crippen molar-refractivity contribution < 1.29 is 0 Å². The third-order valence-electron chi connectivity index (χ3n) is 3.78. The van der Waals surface area contributed by atoms with Gasteiger partial charge in [0.25, 0.3) is 0 Å². The largest absolute Gasteiger partial charge is 0.357 e. The molecule has 1 saturated heterocycles. The van der Waals surface area contributed by atoms with Crippen LogP contribution in [0.15, 0.2) is 4.99 Å². The Labute approximate surface area is 142 Å². The number of guanidine groups is 1. The van der Waals surface area contributed by atoms with Crippen LogP contribution in [0.25, 0.3) is 0 Å². The molecule has 1 rings (SSSR count). The van der Waals surface area contributed by atoms with Crippen molar-refractivity contribution in [3.05, 3.63) is 0 Å². The van der Waals surface area contributed by atoms with E-state index in [0.717, 1.165) is 32.1 Å². The van der Waals surface area contributed by atoms with Crippen LogP contribution < -0.4 is 5.32 Å². The van der Waals surface area contributed by atoms with Gasteiger partial charge < -0.3 is 15.1 Å². The normalized spacial score (nSPS) is 15.6. The molecule has 1 fully saturated rings. The van der Waals surface area contributed by atoms with Gasteiger partial charge in [0.1, 0.15) is 0 Å². The van der Waals surface area contributed by atoms with Gasteiger partial charge in [-0.1, -0.05) is 13.8 Å². The van der Waals surface area contributed by atoms with Gasteiger partial charge in [-0.15, -0.1) is 24.0 Å². The smallest absolute Gasteiger partial charge is 0.193 e. The molecule has 1 aliphatic heterocycles.